The number of pyridine rings is 2. The van der Waals surface area contributed by atoms with Crippen molar-refractivity contribution >= 4 is 14.5 Å². The van der Waals surface area contributed by atoms with Gasteiger partial charge < -0.3 is 34.5 Å². The second-order valence-corrected chi connectivity index (χ2v) is 3.52. The Labute approximate surface area is 120 Å². The maximum atomic E-state index is 9.75. The van der Waals surface area contributed by atoms with Gasteiger partial charge in [0.2, 0.25) is 0 Å². The van der Waals surface area contributed by atoms with E-state index < -0.39 is 14.5 Å². The maximum Gasteiger partial charge on any atom is 0.673 e. The first-order chi connectivity index (χ1) is 9.97. The normalized spacial score (nSPS) is 10.7. The maximum absolute atomic E-state index is 9.75. The predicted molar refractivity (Wildman–Crippen MR) is 64.9 cm³/mol. The lowest BCUT2D eigenvalue weighted by molar-refractivity contribution is -0.672. The molecule has 0 bridgehead atoms. The van der Waals surface area contributed by atoms with E-state index in [1.54, 1.807) is 0 Å². The van der Waals surface area contributed by atoms with E-state index in [1.807, 2.05) is 59.6 Å². The number of nitrogens with zero attached hydrogens (tertiary/aromatic N) is 1. The summed E-state index contributed by atoms with van der Waals surface area (Å²) in [6.45, 7) is 0. The molecule has 2 aromatic rings. The summed E-state index contributed by atoms with van der Waals surface area (Å²) in [5, 5.41) is 0. The quantitative estimate of drug-likeness (QED) is 0.433. The fourth-order valence-corrected chi connectivity index (χ4v) is 1.10. The minimum Gasteiger partial charge on any atom is -0.418 e. The van der Waals surface area contributed by atoms with Crippen molar-refractivity contribution in [2.24, 2.45) is 0 Å². The van der Waals surface area contributed by atoms with Crippen LogP contribution in [0.25, 0.3) is 5.82 Å². The summed E-state index contributed by atoms with van der Waals surface area (Å²) in [5.41, 5.74) is 0. The van der Waals surface area contributed by atoms with Gasteiger partial charge in [-0.2, -0.15) is 4.98 Å². The Hall–Kier alpha value is -2.13. The van der Waals surface area contributed by atoms with E-state index in [-0.39, 0.29) is 0 Å². The molecule has 0 saturated heterocycles. The van der Waals surface area contributed by atoms with Gasteiger partial charge in [0, 0.05) is 18.2 Å². The number of halogens is 8. The Morgan fingerprint density at radius 1 is 0.682 bits per heavy atom. The Kier molecular flexibility index (Phi) is 8.13. The molecule has 0 aliphatic rings. The minimum atomic E-state index is -6.00. The van der Waals surface area contributed by atoms with Crippen molar-refractivity contribution in [1.82, 2.24) is 0 Å². The molecular formula is C10H10B2F8N2. The molecule has 2 aromatic heterocycles. The molecule has 122 valence electrons. The number of hydrogen-bond acceptors (Lipinski definition) is 0. The SMILES string of the molecule is F[B-](F)(F)F.F[B-](F)(F)F.c1cc[n+](-c2cccc[nH+]2)cc1. The van der Waals surface area contributed by atoms with Gasteiger partial charge in [0.1, 0.15) is 0 Å². The van der Waals surface area contributed by atoms with Crippen LogP contribution in [0, 0.1) is 0 Å². The van der Waals surface area contributed by atoms with Crippen molar-refractivity contribution in [3.05, 3.63) is 55.0 Å². The van der Waals surface area contributed by atoms with Crippen LogP contribution in [0.4, 0.5) is 34.5 Å². The van der Waals surface area contributed by atoms with E-state index in [2.05, 4.69) is 4.98 Å². The number of aromatic amines is 1. The van der Waals surface area contributed by atoms with Gasteiger partial charge >= 0.3 is 20.3 Å². The third-order valence-corrected chi connectivity index (χ3v) is 1.69. The van der Waals surface area contributed by atoms with Gasteiger partial charge in [-0.1, -0.05) is 6.07 Å². The smallest absolute Gasteiger partial charge is 0.418 e. The van der Waals surface area contributed by atoms with Gasteiger partial charge in [0.25, 0.3) is 0 Å². The van der Waals surface area contributed by atoms with Crippen molar-refractivity contribution in [3.8, 4) is 5.82 Å². The molecule has 0 amide bonds. The van der Waals surface area contributed by atoms with Gasteiger partial charge in [-0.05, 0) is 6.07 Å². The van der Waals surface area contributed by atoms with Gasteiger partial charge in [-0.15, -0.1) is 4.57 Å². The zero-order valence-electron chi connectivity index (χ0n) is 10.8. The molecule has 0 radical (unpaired) electrons. The van der Waals surface area contributed by atoms with E-state index in [1.165, 1.54) is 0 Å². The third-order valence-electron chi connectivity index (χ3n) is 1.69. The van der Waals surface area contributed by atoms with Crippen LogP contribution in [0.3, 0.4) is 0 Å². The summed E-state index contributed by atoms with van der Waals surface area (Å²) < 4.78 is 80.0. The second kappa shape index (κ2) is 9.00. The largest absolute Gasteiger partial charge is 0.673 e. The standard InChI is InChI=1S/C10H9N2.2BF4/c1-4-8-12(9-5-1)10-6-2-3-7-11-10;2*2-1(3,4)5/h1-9H;;/q+1;2*-1/p+1. The first kappa shape index (κ1) is 19.9. The molecule has 2 nitrogen and oxygen atoms in total. The highest BCUT2D eigenvalue weighted by Gasteiger charge is 2.21. The van der Waals surface area contributed by atoms with Crippen LogP contribution in [0.15, 0.2) is 55.0 Å². The Morgan fingerprint density at radius 3 is 1.50 bits per heavy atom. The zero-order chi connectivity index (χ0) is 17.2. The summed E-state index contributed by atoms with van der Waals surface area (Å²) >= 11 is 0. The van der Waals surface area contributed by atoms with Crippen molar-refractivity contribution < 1.29 is 44.1 Å². The molecule has 0 aliphatic carbocycles. The highest BCUT2D eigenvalue weighted by atomic mass is 19.5. The van der Waals surface area contributed by atoms with Crippen LogP contribution in [-0.2, 0) is 0 Å². The number of aromatic nitrogens is 2. The van der Waals surface area contributed by atoms with Crippen molar-refractivity contribution in [2.75, 3.05) is 0 Å². The molecule has 0 atom stereocenters. The van der Waals surface area contributed by atoms with Crippen LogP contribution in [-0.4, -0.2) is 14.5 Å². The molecule has 2 heterocycles. The first-order valence-corrected chi connectivity index (χ1v) is 5.65. The monoisotopic (exact) mass is 332 g/mol. The summed E-state index contributed by atoms with van der Waals surface area (Å²) in [6.07, 6.45) is 5.92. The van der Waals surface area contributed by atoms with E-state index in [9.17, 15) is 34.5 Å². The molecule has 0 spiro atoms. The minimum absolute atomic E-state index is 1.07. The molecule has 1 N–H and O–H groups in total. The molecule has 12 heteroatoms. The lowest BCUT2D eigenvalue weighted by Gasteiger charge is -1.94. The molecule has 0 saturated carbocycles. The zero-order valence-corrected chi connectivity index (χ0v) is 10.8. The molecule has 0 aromatic carbocycles. The van der Waals surface area contributed by atoms with Crippen LogP contribution < -0.4 is 9.55 Å². The third kappa shape index (κ3) is 15.9. The second-order valence-electron chi connectivity index (χ2n) is 3.52. The lowest BCUT2D eigenvalue weighted by atomic mass is 10.3. The van der Waals surface area contributed by atoms with E-state index in [0.717, 1.165) is 5.82 Å². The number of H-pyrrole nitrogens is 1. The van der Waals surface area contributed by atoms with Crippen molar-refractivity contribution in [3.63, 3.8) is 0 Å². The topological polar surface area (TPSA) is 18.0 Å². The molecular weight excluding hydrogens is 322 g/mol. The summed E-state index contributed by atoms with van der Waals surface area (Å²) in [4.78, 5) is 3.15. The van der Waals surface area contributed by atoms with E-state index in [0.29, 0.717) is 0 Å². The number of rotatable bonds is 1. The van der Waals surface area contributed by atoms with Crippen molar-refractivity contribution in [2.45, 2.75) is 0 Å². The van der Waals surface area contributed by atoms with Gasteiger partial charge in [0.05, 0.1) is 6.07 Å². The number of nitrogens with one attached hydrogen (secondary N) is 1. The molecule has 0 aliphatic heterocycles. The van der Waals surface area contributed by atoms with E-state index in [4.69, 9.17) is 0 Å². The van der Waals surface area contributed by atoms with Crippen LogP contribution >= 0.6 is 0 Å². The fraction of sp³-hybridized carbons (Fsp3) is 0. The van der Waals surface area contributed by atoms with Gasteiger partial charge in [0.15, 0.2) is 18.6 Å². The van der Waals surface area contributed by atoms with Crippen molar-refractivity contribution in [1.29, 1.82) is 0 Å². The highest BCUT2D eigenvalue weighted by Crippen LogP contribution is 2.07. The van der Waals surface area contributed by atoms with Gasteiger partial charge in [-0.25, -0.2) is 0 Å². The van der Waals surface area contributed by atoms with Crippen LogP contribution in [0.2, 0.25) is 0 Å². The van der Waals surface area contributed by atoms with Gasteiger partial charge in [-0.3, -0.25) is 0 Å². The summed E-state index contributed by atoms with van der Waals surface area (Å²) in [7, 11) is -12.0. The Bertz CT molecular complexity index is 456. The summed E-state index contributed by atoms with van der Waals surface area (Å²) in [6, 6.07) is 12.0. The fourth-order valence-electron chi connectivity index (χ4n) is 1.10. The number of hydrogen-bond donors (Lipinski definition) is 0. The highest BCUT2D eigenvalue weighted by molar-refractivity contribution is 6.50. The molecule has 22 heavy (non-hydrogen) atoms. The first-order valence-electron chi connectivity index (χ1n) is 5.65. The predicted octanol–water partition coefficient (Wildman–Crippen LogP) is 3.38. The van der Waals surface area contributed by atoms with Crippen LogP contribution in [0.1, 0.15) is 0 Å². The average molecular weight is 332 g/mol. The molecule has 0 unspecified atom stereocenters. The Morgan fingerprint density at radius 2 is 1.14 bits per heavy atom. The molecule has 2 rings (SSSR count). The Balaban J connectivity index is 0.000000372. The summed E-state index contributed by atoms with van der Waals surface area (Å²) in [5.74, 6) is 1.07. The molecule has 0 fully saturated rings. The lowest BCUT2D eigenvalue weighted by Crippen LogP contribution is -2.36. The average Bonchev–Trinajstić information content (AvgIpc) is 2.37. The van der Waals surface area contributed by atoms with E-state index >= 15 is 0 Å². The van der Waals surface area contributed by atoms with Crippen LogP contribution in [0.5, 0.6) is 0 Å².